The summed E-state index contributed by atoms with van der Waals surface area (Å²) in [6, 6.07) is 1.78. The molecule has 0 unspecified atom stereocenters. The summed E-state index contributed by atoms with van der Waals surface area (Å²) < 4.78 is 0. The highest BCUT2D eigenvalue weighted by Gasteiger charge is 2.11. The van der Waals surface area contributed by atoms with Crippen LogP contribution in [-0.4, -0.2) is 17.0 Å². The van der Waals surface area contributed by atoms with E-state index in [9.17, 15) is 9.59 Å². The van der Waals surface area contributed by atoms with Crippen molar-refractivity contribution >= 4 is 40.6 Å². The molecule has 0 bridgehead atoms. The topological polar surface area (TPSA) is 66.4 Å². The van der Waals surface area contributed by atoms with Crippen molar-refractivity contribution in [2.75, 3.05) is 0 Å². The third-order valence-electron chi connectivity index (χ3n) is 2.96. The lowest BCUT2D eigenvalue weighted by Gasteiger charge is -2.02. The highest BCUT2D eigenvalue weighted by atomic mass is 32.1. The van der Waals surface area contributed by atoms with Crippen LogP contribution in [0.2, 0.25) is 0 Å². The Morgan fingerprint density at radius 1 is 1.29 bits per heavy atom. The number of carbonyl (C=O) groups excluding carboxylic acids is 1. The summed E-state index contributed by atoms with van der Waals surface area (Å²) in [5, 5.41) is 15.6. The average molecular weight is 321 g/mol. The first-order valence-corrected chi connectivity index (χ1v) is 8.04. The highest BCUT2D eigenvalue weighted by molar-refractivity contribution is 7.15. The van der Waals surface area contributed by atoms with Gasteiger partial charge in [-0.25, -0.2) is 4.79 Å². The summed E-state index contributed by atoms with van der Waals surface area (Å²) in [4.78, 5) is 24.0. The van der Waals surface area contributed by atoms with Gasteiger partial charge < -0.3 is 10.4 Å². The molecule has 0 radical (unpaired) electrons. The first kappa shape index (κ1) is 15.5. The van der Waals surface area contributed by atoms with Crippen LogP contribution in [0.3, 0.4) is 0 Å². The molecular weight excluding hydrogens is 306 g/mol. The first-order chi connectivity index (χ1) is 9.97. The molecule has 0 fully saturated rings. The molecule has 1 amide bonds. The Morgan fingerprint density at radius 3 is 2.67 bits per heavy atom. The maximum absolute atomic E-state index is 12.1. The number of nitrogens with one attached hydrogen (secondary N) is 1. The molecule has 0 aliphatic carbocycles. The van der Waals surface area contributed by atoms with Gasteiger partial charge in [-0.15, -0.1) is 11.3 Å². The molecule has 4 nitrogen and oxygen atoms in total. The number of carboxylic acid groups (broad SMARTS) is 1. The maximum atomic E-state index is 12.1. The van der Waals surface area contributed by atoms with Crippen LogP contribution in [0.25, 0.3) is 6.08 Å². The maximum Gasteiger partial charge on any atom is 0.328 e. The standard InChI is InChI=1S/C15H15NO3S2/c1-9-5-13(21-12(9)3-4-14(17)18)15(19)16-6-11-8-20-7-10(11)2/h3-5,7-8H,6H2,1-2H3,(H,16,19)(H,17,18)/b4-3+. The van der Waals surface area contributed by atoms with Crippen LogP contribution < -0.4 is 5.32 Å². The van der Waals surface area contributed by atoms with E-state index in [4.69, 9.17) is 5.11 Å². The smallest absolute Gasteiger partial charge is 0.328 e. The Kier molecular flexibility index (Phi) is 4.93. The fourth-order valence-corrected chi connectivity index (χ4v) is 3.60. The van der Waals surface area contributed by atoms with Crippen LogP contribution in [0, 0.1) is 13.8 Å². The largest absolute Gasteiger partial charge is 0.478 e. The molecule has 0 aliphatic rings. The second kappa shape index (κ2) is 6.69. The fourth-order valence-electron chi connectivity index (χ4n) is 1.75. The Bertz CT molecular complexity index is 698. The molecule has 6 heteroatoms. The van der Waals surface area contributed by atoms with Gasteiger partial charge in [0.2, 0.25) is 0 Å². The lowest BCUT2D eigenvalue weighted by Crippen LogP contribution is -2.21. The number of hydrogen-bond donors (Lipinski definition) is 2. The molecule has 2 heterocycles. The fraction of sp³-hybridized carbons (Fsp3) is 0.200. The van der Waals surface area contributed by atoms with Gasteiger partial charge in [-0.2, -0.15) is 11.3 Å². The zero-order valence-electron chi connectivity index (χ0n) is 11.7. The van der Waals surface area contributed by atoms with Crippen LogP contribution in [0.4, 0.5) is 0 Å². The van der Waals surface area contributed by atoms with E-state index < -0.39 is 5.97 Å². The molecule has 0 saturated carbocycles. The van der Waals surface area contributed by atoms with E-state index in [1.165, 1.54) is 23.0 Å². The second-order valence-electron chi connectivity index (χ2n) is 4.59. The van der Waals surface area contributed by atoms with Crippen molar-refractivity contribution in [2.45, 2.75) is 20.4 Å². The lowest BCUT2D eigenvalue weighted by molar-refractivity contribution is -0.131. The average Bonchev–Trinajstić information content (AvgIpc) is 3.00. The van der Waals surface area contributed by atoms with E-state index in [0.29, 0.717) is 11.4 Å². The second-order valence-corrected chi connectivity index (χ2v) is 6.42. The van der Waals surface area contributed by atoms with Gasteiger partial charge in [-0.05, 0) is 53.4 Å². The third-order valence-corrected chi connectivity index (χ3v) is 5.07. The summed E-state index contributed by atoms with van der Waals surface area (Å²) in [6.45, 7) is 4.38. The van der Waals surface area contributed by atoms with Crippen LogP contribution >= 0.6 is 22.7 Å². The number of amides is 1. The molecule has 0 atom stereocenters. The van der Waals surface area contributed by atoms with E-state index >= 15 is 0 Å². The molecule has 0 aromatic carbocycles. The van der Waals surface area contributed by atoms with Gasteiger partial charge >= 0.3 is 5.97 Å². The van der Waals surface area contributed by atoms with E-state index in [1.807, 2.05) is 24.6 Å². The van der Waals surface area contributed by atoms with Crippen LogP contribution in [0.5, 0.6) is 0 Å². The lowest BCUT2D eigenvalue weighted by atomic mass is 10.2. The van der Waals surface area contributed by atoms with Gasteiger partial charge in [-0.1, -0.05) is 0 Å². The number of rotatable bonds is 5. The molecule has 110 valence electrons. The van der Waals surface area contributed by atoms with Crippen molar-refractivity contribution in [1.29, 1.82) is 0 Å². The normalized spacial score (nSPS) is 11.0. The van der Waals surface area contributed by atoms with Crippen LogP contribution in [0.15, 0.2) is 22.9 Å². The minimum absolute atomic E-state index is 0.135. The van der Waals surface area contributed by atoms with Crippen molar-refractivity contribution in [1.82, 2.24) is 5.32 Å². The monoisotopic (exact) mass is 321 g/mol. The molecule has 0 saturated heterocycles. The summed E-state index contributed by atoms with van der Waals surface area (Å²) in [5.41, 5.74) is 3.19. The molecule has 2 aromatic heterocycles. The molecule has 2 aromatic rings. The van der Waals surface area contributed by atoms with Crippen molar-refractivity contribution in [2.24, 2.45) is 0 Å². The zero-order valence-corrected chi connectivity index (χ0v) is 13.3. The molecule has 2 rings (SSSR count). The summed E-state index contributed by atoms with van der Waals surface area (Å²) >= 11 is 2.91. The van der Waals surface area contributed by atoms with Crippen LogP contribution in [0.1, 0.15) is 31.2 Å². The Balaban J connectivity index is 2.04. The van der Waals surface area contributed by atoms with Crippen LogP contribution in [-0.2, 0) is 11.3 Å². The highest BCUT2D eigenvalue weighted by Crippen LogP contribution is 2.23. The SMILES string of the molecule is Cc1cscc1CNC(=O)c1cc(C)c(/C=C/C(=O)O)s1. The number of carbonyl (C=O) groups is 2. The molecule has 0 aliphatic heterocycles. The minimum atomic E-state index is -0.998. The molecule has 0 spiro atoms. The third kappa shape index (κ3) is 4.03. The number of carboxylic acids is 1. The number of thiophene rings is 2. The van der Waals surface area contributed by atoms with Gasteiger partial charge in [0.1, 0.15) is 0 Å². The van der Waals surface area contributed by atoms with Crippen molar-refractivity contribution in [3.8, 4) is 0 Å². The number of aryl methyl sites for hydroxylation is 2. The van der Waals surface area contributed by atoms with Crippen molar-refractivity contribution in [3.05, 3.63) is 49.3 Å². The van der Waals surface area contributed by atoms with E-state index in [1.54, 1.807) is 17.4 Å². The molecule has 2 N–H and O–H groups in total. The summed E-state index contributed by atoms with van der Waals surface area (Å²) in [6.07, 6.45) is 2.59. The molecular formula is C15H15NO3S2. The minimum Gasteiger partial charge on any atom is -0.478 e. The Hall–Kier alpha value is -1.92. The van der Waals surface area contributed by atoms with E-state index in [0.717, 1.165) is 22.1 Å². The van der Waals surface area contributed by atoms with E-state index in [-0.39, 0.29) is 5.91 Å². The van der Waals surface area contributed by atoms with Gasteiger partial charge in [0, 0.05) is 17.5 Å². The summed E-state index contributed by atoms with van der Waals surface area (Å²) in [7, 11) is 0. The van der Waals surface area contributed by atoms with Gasteiger partial charge in [0.15, 0.2) is 0 Å². The predicted molar refractivity (Wildman–Crippen MR) is 86.0 cm³/mol. The zero-order chi connectivity index (χ0) is 15.4. The van der Waals surface area contributed by atoms with Crippen molar-refractivity contribution < 1.29 is 14.7 Å². The van der Waals surface area contributed by atoms with Gasteiger partial charge in [0.05, 0.1) is 4.88 Å². The number of aliphatic carboxylic acids is 1. The summed E-state index contributed by atoms with van der Waals surface area (Å²) in [5.74, 6) is -1.13. The van der Waals surface area contributed by atoms with Gasteiger partial charge in [0.25, 0.3) is 5.91 Å². The Labute approximate surface area is 130 Å². The Morgan fingerprint density at radius 2 is 2.05 bits per heavy atom. The quantitative estimate of drug-likeness (QED) is 0.829. The van der Waals surface area contributed by atoms with E-state index in [2.05, 4.69) is 5.32 Å². The predicted octanol–water partition coefficient (Wildman–Crippen LogP) is 3.45. The molecule has 21 heavy (non-hydrogen) atoms. The first-order valence-electron chi connectivity index (χ1n) is 6.28. The van der Waals surface area contributed by atoms with Crippen molar-refractivity contribution in [3.63, 3.8) is 0 Å². The van der Waals surface area contributed by atoms with Gasteiger partial charge in [-0.3, -0.25) is 4.79 Å². The number of hydrogen-bond acceptors (Lipinski definition) is 4.